The zero-order chi connectivity index (χ0) is 9.14. The van der Waals surface area contributed by atoms with Crippen molar-refractivity contribution in [2.24, 2.45) is 7.05 Å². The molecule has 0 amide bonds. The first-order valence-corrected chi connectivity index (χ1v) is 3.73. The van der Waals surface area contributed by atoms with Crippen LogP contribution in [-0.2, 0) is 7.05 Å². The van der Waals surface area contributed by atoms with Crippen LogP contribution in [0.2, 0.25) is 0 Å². The fraction of sp³-hybridized carbons (Fsp3) is 0.571. The van der Waals surface area contributed by atoms with E-state index >= 15 is 0 Å². The summed E-state index contributed by atoms with van der Waals surface area (Å²) in [7, 11) is 1.66. The van der Waals surface area contributed by atoms with Gasteiger partial charge in [0.05, 0.1) is 0 Å². The molecule has 1 heterocycles. The van der Waals surface area contributed by atoms with E-state index in [-0.39, 0.29) is 11.6 Å². The summed E-state index contributed by atoms with van der Waals surface area (Å²) in [6.45, 7) is 1.74. The maximum Gasteiger partial charge on any atom is 0.228 e. The Bertz CT molecular complexity index is 282. The summed E-state index contributed by atoms with van der Waals surface area (Å²) in [6.07, 6.45) is 0.856. The molecule has 0 aliphatic heterocycles. The predicted octanol–water partition coefficient (Wildman–Crippen LogP) is -0.231. The van der Waals surface area contributed by atoms with Gasteiger partial charge in [0.1, 0.15) is 12.4 Å². The van der Waals surface area contributed by atoms with Crippen LogP contribution in [0.3, 0.4) is 0 Å². The second kappa shape index (κ2) is 3.44. The molecule has 0 aliphatic rings. The van der Waals surface area contributed by atoms with Crippen molar-refractivity contribution in [3.63, 3.8) is 0 Å². The summed E-state index contributed by atoms with van der Waals surface area (Å²) in [6, 6.07) is 0. The molecule has 0 fully saturated rings. The van der Waals surface area contributed by atoms with Crippen LogP contribution in [0, 0.1) is 0 Å². The number of nitrogens with zero attached hydrogens (tertiary/aromatic N) is 3. The summed E-state index contributed by atoms with van der Waals surface area (Å²) in [4.78, 5) is 11.3. The van der Waals surface area contributed by atoms with Crippen LogP contribution in [0.5, 0.6) is 0 Å². The lowest BCUT2D eigenvalue weighted by molar-refractivity contribution is 0.0725. The lowest BCUT2D eigenvalue weighted by Gasteiger charge is -2.04. The fourth-order valence-electron chi connectivity index (χ4n) is 0.841. The second-order valence-electron chi connectivity index (χ2n) is 2.55. The normalized spacial score (nSPS) is 12.9. The van der Waals surface area contributed by atoms with E-state index in [1.165, 1.54) is 10.9 Å². The average molecular weight is 169 g/mol. The van der Waals surface area contributed by atoms with Crippen molar-refractivity contribution in [1.29, 1.82) is 0 Å². The molecular formula is C7H11N3O2. The van der Waals surface area contributed by atoms with Gasteiger partial charge in [-0.1, -0.05) is 6.92 Å². The summed E-state index contributed by atoms with van der Waals surface area (Å²) in [5.74, 6) is -0.179. The SMILES string of the molecule is CCC(O)C(=O)c1nncn1C. The number of aliphatic hydroxyl groups is 1. The van der Waals surface area contributed by atoms with Gasteiger partial charge in [0, 0.05) is 7.05 Å². The number of carbonyl (C=O) groups is 1. The van der Waals surface area contributed by atoms with Crippen molar-refractivity contribution in [1.82, 2.24) is 14.8 Å². The molecule has 0 aromatic carbocycles. The average Bonchev–Trinajstić information content (AvgIpc) is 2.48. The lowest BCUT2D eigenvalue weighted by atomic mass is 10.2. The summed E-state index contributed by atoms with van der Waals surface area (Å²) in [5, 5.41) is 16.3. The van der Waals surface area contributed by atoms with Gasteiger partial charge in [0.2, 0.25) is 11.6 Å². The van der Waals surface area contributed by atoms with Gasteiger partial charge in [-0.2, -0.15) is 0 Å². The van der Waals surface area contributed by atoms with Gasteiger partial charge in [-0.25, -0.2) is 0 Å². The standard InChI is InChI=1S/C7H11N3O2/c1-3-5(11)6(12)7-9-8-4-10(7)2/h4-5,11H,3H2,1-2H3. The monoisotopic (exact) mass is 169 g/mol. The molecule has 66 valence electrons. The predicted molar refractivity (Wildman–Crippen MR) is 41.6 cm³/mol. The number of Topliss-reactive ketones (excluding diaryl/α,β-unsaturated/α-hetero) is 1. The lowest BCUT2D eigenvalue weighted by Crippen LogP contribution is -2.22. The van der Waals surface area contributed by atoms with Gasteiger partial charge in [-0.15, -0.1) is 10.2 Å². The molecule has 1 aromatic heterocycles. The number of carbonyl (C=O) groups excluding carboxylic acids is 1. The number of rotatable bonds is 3. The highest BCUT2D eigenvalue weighted by Gasteiger charge is 2.19. The Balaban J connectivity index is 2.85. The van der Waals surface area contributed by atoms with Crippen molar-refractivity contribution in [3.8, 4) is 0 Å². The minimum atomic E-state index is -0.965. The second-order valence-corrected chi connectivity index (χ2v) is 2.55. The van der Waals surface area contributed by atoms with Gasteiger partial charge in [0.15, 0.2) is 0 Å². The van der Waals surface area contributed by atoms with E-state index < -0.39 is 6.10 Å². The van der Waals surface area contributed by atoms with Crippen molar-refractivity contribution < 1.29 is 9.90 Å². The Morgan fingerprint density at radius 1 is 1.83 bits per heavy atom. The molecule has 5 heteroatoms. The highest BCUT2D eigenvalue weighted by atomic mass is 16.3. The smallest absolute Gasteiger partial charge is 0.228 e. The first-order chi connectivity index (χ1) is 5.66. The number of aryl methyl sites for hydroxylation is 1. The number of hydrogen-bond acceptors (Lipinski definition) is 4. The fourth-order valence-corrected chi connectivity index (χ4v) is 0.841. The minimum Gasteiger partial charge on any atom is -0.385 e. The molecule has 0 bridgehead atoms. The molecule has 0 aliphatic carbocycles. The van der Waals surface area contributed by atoms with E-state index in [4.69, 9.17) is 0 Å². The topological polar surface area (TPSA) is 68.0 Å². The van der Waals surface area contributed by atoms with Crippen molar-refractivity contribution in [2.75, 3.05) is 0 Å². The molecule has 0 saturated heterocycles. The zero-order valence-electron chi connectivity index (χ0n) is 7.06. The summed E-state index contributed by atoms with van der Waals surface area (Å²) < 4.78 is 1.49. The van der Waals surface area contributed by atoms with E-state index in [9.17, 15) is 9.90 Å². The van der Waals surface area contributed by atoms with Crippen LogP contribution in [-0.4, -0.2) is 31.8 Å². The molecule has 1 aromatic rings. The van der Waals surface area contributed by atoms with Gasteiger partial charge in [0.25, 0.3) is 0 Å². The molecule has 12 heavy (non-hydrogen) atoms. The van der Waals surface area contributed by atoms with Crippen LogP contribution in [0.4, 0.5) is 0 Å². The Labute approximate surface area is 70.0 Å². The van der Waals surface area contributed by atoms with Crippen molar-refractivity contribution >= 4 is 5.78 Å². The van der Waals surface area contributed by atoms with Crippen molar-refractivity contribution in [3.05, 3.63) is 12.2 Å². The highest BCUT2D eigenvalue weighted by molar-refractivity contribution is 5.96. The molecule has 1 unspecified atom stereocenters. The Morgan fingerprint density at radius 2 is 2.50 bits per heavy atom. The summed E-state index contributed by atoms with van der Waals surface area (Å²) >= 11 is 0. The quantitative estimate of drug-likeness (QED) is 0.634. The van der Waals surface area contributed by atoms with Crippen LogP contribution in [0.1, 0.15) is 24.0 Å². The number of hydrogen-bond donors (Lipinski definition) is 1. The first kappa shape index (κ1) is 8.86. The highest BCUT2D eigenvalue weighted by Crippen LogP contribution is 2.01. The third-order valence-electron chi connectivity index (χ3n) is 1.62. The van der Waals surface area contributed by atoms with E-state index in [0.29, 0.717) is 6.42 Å². The van der Waals surface area contributed by atoms with Crippen LogP contribution >= 0.6 is 0 Å². The number of aromatic nitrogens is 3. The van der Waals surface area contributed by atoms with Crippen LogP contribution in [0.15, 0.2) is 6.33 Å². The third-order valence-corrected chi connectivity index (χ3v) is 1.62. The van der Waals surface area contributed by atoms with Gasteiger partial charge < -0.3 is 9.67 Å². The number of aliphatic hydroxyl groups excluding tert-OH is 1. The van der Waals surface area contributed by atoms with Gasteiger partial charge >= 0.3 is 0 Å². The van der Waals surface area contributed by atoms with E-state index in [1.54, 1.807) is 14.0 Å². The molecule has 0 spiro atoms. The van der Waals surface area contributed by atoms with E-state index in [1.807, 2.05) is 0 Å². The Morgan fingerprint density at radius 3 is 2.92 bits per heavy atom. The van der Waals surface area contributed by atoms with Gasteiger partial charge in [-0.3, -0.25) is 4.79 Å². The maximum absolute atomic E-state index is 11.3. The third kappa shape index (κ3) is 1.50. The maximum atomic E-state index is 11.3. The van der Waals surface area contributed by atoms with Crippen molar-refractivity contribution in [2.45, 2.75) is 19.4 Å². The summed E-state index contributed by atoms with van der Waals surface area (Å²) in [5.41, 5.74) is 0. The molecule has 1 rings (SSSR count). The molecule has 1 N–H and O–H groups in total. The number of ketones is 1. The Hall–Kier alpha value is -1.23. The van der Waals surface area contributed by atoms with Crippen LogP contribution in [0.25, 0.3) is 0 Å². The van der Waals surface area contributed by atoms with E-state index in [0.717, 1.165) is 0 Å². The van der Waals surface area contributed by atoms with Crippen LogP contribution < -0.4 is 0 Å². The molecule has 1 atom stereocenters. The molecular weight excluding hydrogens is 158 g/mol. The first-order valence-electron chi connectivity index (χ1n) is 3.73. The zero-order valence-corrected chi connectivity index (χ0v) is 7.06. The molecule has 0 saturated carbocycles. The largest absolute Gasteiger partial charge is 0.385 e. The Kier molecular flexibility index (Phi) is 2.54. The molecule has 5 nitrogen and oxygen atoms in total. The van der Waals surface area contributed by atoms with Gasteiger partial charge in [-0.05, 0) is 6.42 Å². The minimum absolute atomic E-state index is 0.198. The molecule has 0 radical (unpaired) electrons. The van der Waals surface area contributed by atoms with E-state index in [2.05, 4.69) is 10.2 Å².